The molecule has 2 nitrogen and oxygen atoms in total. The van der Waals surface area contributed by atoms with Crippen LogP contribution in [0, 0.1) is 11.3 Å². The zero-order valence-electron chi connectivity index (χ0n) is 7.93. The Labute approximate surface area is 87.9 Å². The van der Waals surface area contributed by atoms with Crippen LogP contribution in [0.2, 0.25) is 0 Å². The van der Waals surface area contributed by atoms with Gasteiger partial charge in [0, 0.05) is 11.3 Å². The molecule has 0 heterocycles. The fraction of sp³-hybridized carbons (Fsp3) is 0.273. The van der Waals surface area contributed by atoms with Gasteiger partial charge in [0.25, 0.3) is 0 Å². The second-order valence-electron chi connectivity index (χ2n) is 2.76. The molecule has 0 aliphatic heterocycles. The van der Waals surface area contributed by atoms with E-state index in [0.717, 1.165) is 4.90 Å². The summed E-state index contributed by atoms with van der Waals surface area (Å²) in [5.74, 6) is -0.0126. The highest BCUT2D eigenvalue weighted by atomic mass is 32.2. The fourth-order valence-corrected chi connectivity index (χ4v) is 1.92. The van der Waals surface area contributed by atoms with Crippen molar-refractivity contribution in [2.75, 3.05) is 0 Å². The van der Waals surface area contributed by atoms with Crippen molar-refractivity contribution >= 4 is 17.5 Å². The third-order valence-corrected chi connectivity index (χ3v) is 2.90. The van der Waals surface area contributed by atoms with Gasteiger partial charge in [0.1, 0.15) is 0 Å². The summed E-state index contributed by atoms with van der Waals surface area (Å²) >= 11 is 1.31. The summed E-state index contributed by atoms with van der Waals surface area (Å²) in [7, 11) is 0. The molecule has 0 spiro atoms. The van der Waals surface area contributed by atoms with Gasteiger partial charge in [-0.15, -0.1) is 0 Å². The van der Waals surface area contributed by atoms with Gasteiger partial charge in [0.2, 0.25) is 0 Å². The normalized spacial score (nSPS) is 11.7. The number of hydrogen-bond acceptors (Lipinski definition) is 3. The average Bonchev–Trinajstić information content (AvgIpc) is 2.26. The van der Waals surface area contributed by atoms with Gasteiger partial charge in [-0.2, -0.15) is 5.26 Å². The molecule has 0 amide bonds. The Bertz CT molecular complexity index is 342. The van der Waals surface area contributed by atoms with Crippen molar-refractivity contribution < 1.29 is 4.79 Å². The minimum Gasteiger partial charge on any atom is -0.297 e. The average molecular weight is 205 g/mol. The number of rotatable bonds is 4. The number of ketones is 1. The van der Waals surface area contributed by atoms with Crippen LogP contribution in [0.4, 0.5) is 0 Å². The number of benzene rings is 1. The summed E-state index contributed by atoms with van der Waals surface area (Å²) < 4.78 is 0. The monoisotopic (exact) mass is 205 g/mol. The van der Waals surface area contributed by atoms with E-state index in [2.05, 4.69) is 0 Å². The number of thioether (sulfide) groups is 1. The molecular weight excluding hydrogens is 194 g/mol. The Morgan fingerprint density at radius 1 is 1.50 bits per heavy atom. The van der Waals surface area contributed by atoms with Crippen LogP contribution in [0.1, 0.15) is 13.3 Å². The zero-order chi connectivity index (χ0) is 10.4. The lowest BCUT2D eigenvalue weighted by atomic mass is 10.2. The molecule has 0 N–H and O–H groups in total. The number of Topliss-reactive ketones (excluding diaryl/α,β-unsaturated/α-hetero) is 1. The number of carbonyl (C=O) groups excluding carboxylic acids is 1. The van der Waals surface area contributed by atoms with Crippen LogP contribution in [0.15, 0.2) is 35.2 Å². The molecule has 1 aromatic carbocycles. The first kappa shape index (κ1) is 10.8. The molecule has 0 saturated carbocycles. The van der Waals surface area contributed by atoms with E-state index in [1.165, 1.54) is 11.8 Å². The first-order valence-electron chi connectivity index (χ1n) is 4.42. The van der Waals surface area contributed by atoms with E-state index < -0.39 is 5.25 Å². The lowest BCUT2D eigenvalue weighted by Crippen LogP contribution is -2.13. The maximum absolute atomic E-state index is 11.3. The van der Waals surface area contributed by atoms with Crippen molar-refractivity contribution in [2.45, 2.75) is 23.5 Å². The molecule has 0 aromatic heterocycles. The lowest BCUT2D eigenvalue weighted by molar-refractivity contribution is -0.117. The number of nitrogens with zero attached hydrogens (tertiary/aromatic N) is 1. The number of hydrogen-bond donors (Lipinski definition) is 0. The summed E-state index contributed by atoms with van der Waals surface area (Å²) in [5.41, 5.74) is 0. The molecule has 0 radical (unpaired) electrons. The van der Waals surface area contributed by atoms with E-state index in [0.29, 0.717) is 6.42 Å². The Morgan fingerprint density at radius 3 is 2.64 bits per heavy atom. The largest absolute Gasteiger partial charge is 0.297 e. The van der Waals surface area contributed by atoms with Gasteiger partial charge < -0.3 is 0 Å². The first-order chi connectivity index (χ1) is 6.77. The maximum Gasteiger partial charge on any atom is 0.160 e. The van der Waals surface area contributed by atoms with Crippen LogP contribution in [-0.4, -0.2) is 11.0 Å². The second kappa shape index (κ2) is 5.46. The Balaban J connectivity index is 2.68. The second-order valence-corrected chi connectivity index (χ2v) is 3.94. The third-order valence-electron chi connectivity index (χ3n) is 1.76. The molecule has 3 heteroatoms. The molecule has 1 rings (SSSR count). The summed E-state index contributed by atoms with van der Waals surface area (Å²) in [6, 6.07) is 11.5. The van der Waals surface area contributed by atoms with E-state index in [4.69, 9.17) is 5.26 Å². The van der Waals surface area contributed by atoms with Crippen molar-refractivity contribution in [1.82, 2.24) is 0 Å². The first-order valence-corrected chi connectivity index (χ1v) is 5.30. The summed E-state index contributed by atoms with van der Waals surface area (Å²) in [6.45, 7) is 1.78. The van der Waals surface area contributed by atoms with Crippen LogP contribution in [0.3, 0.4) is 0 Å². The van der Waals surface area contributed by atoms with Gasteiger partial charge in [-0.3, -0.25) is 4.79 Å². The molecule has 1 aromatic rings. The number of carbonyl (C=O) groups is 1. The topological polar surface area (TPSA) is 40.9 Å². The third kappa shape index (κ3) is 2.90. The molecule has 0 fully saturated rings. The minimum absolute atomic E-state index is 0.0126. The van der Waals surface area contributed by atoms with E-state index in [-0.39, 0.29) is 5.78 Å². The number of nitriles is 1. The van der Waals surface area contributed by atoms with Crippen molar-refractivity contribution in [3.05, 3.63) is 30.3 Å². The highest BCUT2D eigenvalue weighted by Gasteiger charge is 2.16. The molecule has 72 valence electrons. The van der Waals surface area contributed by atoms with Crippen LogP contribution in [-0.2, 0) is 4.79 Å². The molecule has 0 saturated heterocycles. The fourth-order valence-electron chi connectivity index (χ4n) is 0.985. The van der Waals surface area contributed by atoms with Crippen LogP contribution >= 0.6 is 11.8 Å². The van der Waals surface area contributed by atoms with Gasteiger partial charge in [-0.1, -0.05) is 36.9 Å². The van der Waals surface area contributed by atoms with Crippen LogP contribution < -0.4 is 0 Å². The smallest absolute Gasteiger partial charge is 0.160 e. The Morgan fingerprint density at radius 2 is 2.14 bits per heavy atom. The maximum atomic E-state index is 11.3. The van der Waals surface area contributed by atoms with Gasteiger partial charge >= 0.3 is 0 Å². The molecule has 0 aliphatic rings. The van der Waals surface area contributed by atoms with E-state index >= 15 is 0 Å². The van der Waals surface area contributed by atoms with Crippen LogP contribution in [0.25, 0.3) is 0 Å². The Kier molecular flexibility index (Phi) is 4.21. The van der Waals surface area contributed by atoms with Crippen molar-refractivity contribution in [2.24, 2.45) is 0 Å². The van der Waals surface area contributed by atoms with Gasteiger partial charge in [-0.25, -0.2) is 0 Å². The molecule has 1 atom stereocenters. The molecule has 0 aliphatic carbocycles. The SMILES string of the molecule is CCC(=O)C(C#N)Sc1ccccc1. The van der Waals surface area contributed by atoms with Gasteiger partial charge in [0.15, 0.2) is 11.0 Å². The highest BCUT2D eigenvalue weighted by molar-refractivity contribution is 8.00. The molecule has 14 heavy (non-hydrogen) atoms. The molecule has 0 bridgehead atoms. The molecular formula is C11H11NOS. The summed E-state index contributed by atoms with van der Waals surface area (Å²) in [6.07, 6.45) is 0.415. The quantitative estimate of drug-likeness (QED) is 0.709. The van der Waals surface area contributed by atoms with E-state index in [9.17, 15) is 4.79 Å². The summed E-state index contributed by atoms with van der Waals surface area (Å²) in [5, 5.41) is 8.23. The van der Waals surface area contributed by atoms with Gasteiger partial charge in [-0.05, 0) is 12.1 Å². The Hall–Kier alpha value is -1.27. The predicted molar refractivity (Wildman–Crippen MR) is 57.0 cm³/mol. The predicted octanol–water partition coefficient (Wildman–Crippen LogP) is 2.65. The van der Waals surface area contributed by atoms with Crippen molar-refractivity contribution in [3.8, 4) is 6.07 Å². The highest BCUT2D eigenvalue weighted by Crippen LogP contribution is 2.23. The van der Waals surface area contributed by atoms with E-state index in [1.807, 2.05) is 36.4 Å². The lowest BCUT2D eigenvalue weighted by Gasteiger charge is -2.05. The van der Waals surface area contributed by atoms with Crippen LogP contribution in [0.5, 0.6) is 0 Å². The molecule has 1 unspecified atom stereocenters. The standard InChI is InChI=1S/C11H11NOS/c1-2-10(13)11(8-12)14-9-6-4-3-5-7-9/h3-7,11H,2H2,1H3. The van der Waals surface area contributed by atoms with Crippen molar-refractivity contribution in [1.29, 1.82) is 5.26 Å². The van der Waals surface area contributed by atoms with Crippen molar-refractivity contribution in [3.63, 3.8) is 0 Å². The summed E-state index contributed by atoms with van der Waals surface area (Å²) in [4.78, 5) is 12.3. The minimum atomic E-state index is -0.567. The zero-order valence-corrected chi connectivity index (χ0v) is 8.75. The van der Waals surface area contributed by atoms with E-state index in [1.54, 1.807) is 6.92 Å². The van der Waals surface area contributed by atoms with Gasteiger partial charge in [0.05, 0.1) is 6.07 Å².